The van der Waals surface area contributed by atoms with E-state index in [1.165, 1.54) is 18.7 Å². The van der Waals surface area contributed by atoms with Crippen molar-refractivity contribution >= 4 is 17.9 Å². The Bertz CT molecular complexity index is 537. The molecule has 0 amide bonds. The van der Waals surface area contributed by atoms with Gasteiger partial charge < -0.3 is 29.9 Å². The Hall–Kier alpha value is -2.27. The van der Waals surface area contributed by atoms with Crippen LogP contribution in [0.5, 0.6) is 0 Å². The van der Waals surface area contributed by atoms with Crippen LogP contribution in [0.15, 0.2) is 24.3 Å². The zero-order valence-corrected chi connectivity index (χ0v) is 16.2. The normalized spacial score (nSPS) is 14.1. The molecule has 0 aliphatic carbocycles. The van der Waals surface area contributed by atoms with E-state index < -0.39 is 42.6 Å². The zero-order valence-electron chi connectivity index (χ0n) is 16.2. The summed E-state index contributed by atoms with van der Waals surface area (Å²) in [4.78, 5) is 34.8. The van der Waals surface area contributed by atoms with Gasteiger partial charge in [-0.15, -0.1) is 0 Å². The van der Waals surface area contributed by atoms with E-state index >= 15 is 0 Å². The van der Waals surface area contributed by atoms with Crippen LogP contribution in [-0.4, -0.2) is 94.4 Å². The van der Waals surface area contributed by atoms with E-state index in [4.69, 9.17) is 14.6 Å². The van der Waals surface area contributed by atoms with E-state index in [9.17, 15) is 29.7 Å². The molecule has 0 radical (unpaired) electrons. The van der Waals surface area contributed by atoms with Crippen molar-refractivity contribution in [2.24, 2.45) is 0 Å². The number of carboxylic acids is 1. The standard InChI is InChI=1S/C18H29NO9/c1-11(2)17(25)27-9-14(21)7-19(6-13(20)5-16(23)24)8-15(22)10-28-18(26)12(3)4/h13-15,20-22H,1,3,5-10H2,2,4H3,(H,23,24). The fraction of sp³-hybridized carbons (Fsp3) is 0.611. The number of ether oxygens (including phenoxy) is 2. The minimum atomic E-state index is -1.26. The van der Waals surface area contributed by atoms with Crippen molar-refractivity contribution in [3.05, 3.63) is 24.3 Å². The van der Waals surface area contributed by atoms with Gasteiger partial charge in [0.05, 0.1) is 12.5 Å². The van der Waals surface area contributed by atoms with Gasteiger partial charge in [-0.1, -0.05) is 13.2 Å². The highest BCUT2D eigenvalue weighted by Crippen LogP contribution is 2.04. The molecule has 0 spiro atoms. The van der Waals surface area contributed by atoms with Gasteiger partial charge in [0, 0.05) is 30.8 Å². The molecule has 0 aliphatic heterocycles. The smallest absolute Gasteiger partial charge is 0.333 e. The highest BCUT2D eigenvalue weighted by molar-refractivity contribution is 5.87. The summed E-state index contributed by atoms with van der Waals surface area (Å²) in [6.45, 7) is 8.58. The number of aliphatic hydroxyl groups is 3. The predicted octanol–water partition coefficient (Wildman–Crippen LogP) is -0.916. The van der Waals surface area contributed by atoms with Gasteiger partial charge in [-0.2, -0.15) is 0 Å². The Morgan fingerprint density at radius 2 is 1.18 bits per heavy atom. The Balaban J connectivity index is 4.77. The molecule has 0 aromatic rings. The molecule has 3 unspecified atom stereocenters. The second-order valence-electron chi connectivity index (χ2n) is 6.54. The molecular weight excluding hydrogens is 374 g/mol. The predicted molar refractivity (Wildman–Crippen MR) is 98.3 cm³/mol. The molecule has 0 bridgehead atoms. The van der Waals surface area contributed by atoms with E-state index in [0.717, 1.165) is 0 Å². The summed E-state index contributed by atoms with van der Waals surface area (Å²) in [7, 11) is 0. The molecule has 28 heavy (non-hydrogen) atoms. The number of hydrogen-bond acceptors (Lipinski definition) is 9. The van der Waals surface area contributed by atoms with Crippen molar-refractivity contribution in [2.45, 2.75) is 38.6 Å². The van der Waals surface area contributed by atoms with Crippen LogP contribution in [0.3, 0.4) is 0 Å². The molecule has 4 N–H and O–H groups in total. The highest BCUT2D eigenvalue weighted by Gasteiger charge is 2.22. The topological polar surface area (TPSA) is 154 Å². The van der Waals surface area contributed by atoms with E-state index in [1.807, 2.05) is 0 Å². The second kappa shape index (κ2) is 13.0. The van der Waals surface area contributed by atoms with Gasteiger partial charge in [0.2, 0.25) is 0 Å². The Morgan fingerprint density at radius 3 is 1.50 bits per heavy atom. The summed E-state index contributed by atoms with van der Waals surface area (Å²) in [5, 5.41) is 38.6. The third kappa shape index (κ3) is 12.2. The Labute approximate surface area is 163 Å². The minimum absolute atomic E-state index is 0.133. The molecule has 0 aromatic carbocycles. The first-order valence-electron chi connectivity index (χ1n) is 8.56. The number of aliphatic hydroxyl groups excluding tert-OH is 3. The number of carboxylic acid groups (broad SMARTS) is 1. The fourth-order valence-corrected chi connectivity index (χ4v) is 2.08. The highest BCUT2D eigenvalue weighted by atomic mass is 16.5. The lowest BCUT2D eigenvalue weighted by atomic mass is 10.2. The number of carbonyl (C=O) groups excluding carboxylic acids is 2. The summed E-state index contributed by atoms with van der Waals surface area (Å²) in [6, 6.07) is 0. The summed E-state index contributed by atoms with van der Waals surface area (Å²) in [5.74, 6) is -2.56. The molecule has 0 aliphatic rings. The maximum atomic E-state index is 11.4. The third-order valence-corrected chi connectivity index (χ3v) is 3.33. The number of aliphatic carboxylic acids is 1. The zero-order chi connectivity index (χ0) is 21.9. The summed E-state index contributed by atoms with van der Waals surface area (Å²) < 4.78 is 9.67. The quantitative estimate of drug-likeness (QED) is 0.212. The lowest BCUT2D eigenvalue weighted by Crippen LogP contribution is -2.45. The van der Waals surface area contributed by atoms with Gasteiger partial charge in [-0.25, -0.2) is 9.59 Å². The molecule has 0 saturated heterocycles. The van der Waals surface area contributed by atoms with Gasteiger partial charge in [0.15, 0.2) is 0 Å². The maximum absolute atomic E-state index is 11.4. The van der Waals surface area contributed by atoms with Gasteiger partial charge >= 0.3 is 17.9 Å². The first kappa shape index (κ1) is 25.7. The van der Waals surface area contributed by atoms with Crippen LogP contribution in [-0.2, 0) is 23.9 Å². The van der Waals surface area contributed by atoms with E-state index in [1.54, 1.807) is 0 Å². The number of rotatable bonds is 14. The van der Waals surface area contributed by atoms with Crippen molar-refractivity contribution < 1.29 is 44.3 Å². The summed E-state index contributed by atoms with van der Waals surface area (Å²) in [6.07, 6.45) is -4.11. The average molecular weight is 403 g/mol. The number of carbonyl (C=O) groups is 3. The molecule has 0 saturated carbocycles. The Morgan fingerprint density at radius 1 is 0.821 bits per heavy atom. The van der Waals surface area contributed by atoms with E-state index in [-0.39, 0.29) is 44.0 Å². The van der Waals surface area contributed by atoms with Crippen LogP contribution in [0.25, 0.3) is 0 Å². The summed E-state index contributed by atoms with van der Waals surface area (Å²) in [5.41, 5.74) is 0.325. The average Bonchev–Trinajstić information content (AvgIpc) is 2.56. The van der Waals surface area contributed by atoms with Crippen LogP contribution in [0.1, 0.15) is 20.3 Å². The van der Waals surface area contributed by atoms with Crippen LogP contribution < -0.4 is 0 Å². The van der Waals surface area contributed by atoms with E-state index in [2.05, 4.69) is 13.2 Å². The maximum Gasteiger partial charge on any atom is 0.333 e. The van der Waals surface area contributed by atoms with Gasteiger partial charge in [-0.3, -0.25) is 9.69 Å². The molecular formula is C18H29NO9. The van der Waals surface area contributed by atoms with Crippen molar-refractivity contribution in [1.82, 2.24) is 4.90 Å². The van der Waals surface area contributed by atoms with Gasteiger partial charge in [0.1, 0.15) is 25.4 Å². The van der Waals surface area contributed by atoms with Crippen LogP contribution >= 0.6 is 0 Å². The summed E-state index contributed by atoms with van der Waals surface area (Å²) >= 11 is 0. The first-order valence-corrected chi connectivity index (χ1v) is 8.56. The first-order chi connectivity index (χ1) is 12.9. The molecule has 3 atom stereocenters. The molecule has 0 fully saturated rings. The van der Waals surface area contributed by atoms with Crippen LogP contribution in [0.2, 0.25) is 0 Å². The number of nitrogens with zero attached hydrogens (tertiary/aromatic N) is 1. The van der Waals surface area contributed by atoms with E-state index in [0.29, 0.717) is 0 Å². The molecule has 0 heterocycles. The fourth-order valence-electron chi connectivity index (χ4n) is 2.08. The van der Waals surface area contributed by atoms with Gasteiger partial charge in [-0.05, 0) is 13.8 Å². The van der Waals surface area contributed by atoms with Gasteiger partial charge in [0.25, 0.3) is 0 Å². The lowest BCUT2D eigenvalue weighted by molar-refractivity contribution is -0.144. The lowest BCUT2D eigenvalue weighted by Gasteiger charge is -2.28. The number of esters is 2. The van der Waals surface area contributed by atoms with Crippen molar-refractivity contribution in [3.8, 4) is 0 Å². The molecule has 0 rings (SSSR count). The molecule has 10 heteroatoms. The SMILES string of the molecule is C=C(C)C(=O)OCC(O)CN(CC(O)COC(=O)C(=C)C)CC(O)CC(=O)O. The molecule has 0 aromatic heterocycles. The van der Waals surface area contributed by atoms with Crippen molar-refractivity contribution in [2.75, 3.05) is 32.8 Å². The largest absolute Gasteiger partial charge is 0.481 e. The number of hydrogen-bond donors (Lipinski definition) is 4. The van der Waals surface area contributed by atoms with Crippen molar-refractivity contribution in [1.29, 1.82) is 0 Å². The van der Waals surface area contributed by atoms with Crippen LogP contribution in [0, 0.1) is 0 Å². The van der Waals surface area contributed by atoms with Crippen LogP contribution in [0.4, 0.5) is 0 Å². The molecule has 10 nitrogen and oxygen atoms in total. The monoisotopic (exact) mass is 403 g/mol. The third-order valence-electron chi connectivity index (χ3n) is 3.33. The van der Waals surface area contributed by atoms with Crippen molar-refractivity contribution in [3.63, 3.8) is 0 Å². The minimum Gasteiger partial charge on any atom is -0.481 e. The second-order valence-corrected chi connectivity index (χ2v) is 6.54. The molecule has 160 valence electrons. The Kier molecular flexibility index (Phi) is 11.9.